The second kappa shape index (κ2) is 4.52. The van der Waals surface area contributed by atoms with E-state index in [0.717, 1.165) is 10.6 Å². The summed E-state index contributed by atoms with van der Waals surface area (Å²) in [6.07, 6.45) is 0. The fourth-order valence-corrected chi connectivity index (χ4v) is 2.52. The Balaban J connectivity index is 2.35. The van der Waals surface area contributed by atoms with Crippen LogP contribution < -0.4 is 16.6 Å². The van der Waals surface area contributed by atoms with Crippen molar-refractivity contribution >= 4 is 33.6 Å². The number of nitrogens with two attached hydrogens (primary N) is 1. The monoisotopic (exact) mass is 351 g/mol. The second-order valence-corrected chi connectivity index (χ2v) is 5.29. The van der Waals surface area contributed by atoms with Crippen LogP contribution >= 0.6 is 15.9 Å². The summed E-state index contributed by atoms with van der Waals surface area (Å²) >= 11 is 3.11. The van der Waals surface area contributed by atoms with Crippen molar-refractivity contribution in [1.82, 2.24) is 9.88 Å². The van der Waals surface area contributed by atoms with Gasteiger partial charge in [0.1, 0.15) is 11.6 Å². The normalized spacial score (nSPS) is 13.2. The minimum absolute atomic E-state index is 0.101. The van der Waals surface area contributed by atoms with Gasteiger partial charge in [0.15, 0.2) is 0 Å². The van der Waals surface area contributed by atoms with E-state index in [2.05, 4.69) is 15.9 Å². The van der Waals surface area contributed by atoms with Crippen molar-refractivity contribution < 1.29 is 14.0 Å². The Hall–Kier alpha value is -2.48. The van der Waals surface area contributed by atoms with E-state index in [0.29, 0.717) is 4.47 Å². The molecule has 0 spiro atoms. The van der Waals surface area contributed by atoms with Gasteiger partial charge in [-0.1, -0.05) is 15.9 Å². The molecule has 0 saturated heterocycles. The Morgan fingerprint density at radius 2 is 1.86 bits per heavy atom. The summed E-state index contributed by atoms with van der Waals surface area (Å²) in [7, 11) is 0. The third-order valence-electron chi connectivity index (χ3n) is 3.10. The number of pyridine rings is 1. The van der Waals surface area contributed by atoms with Crippen LogP contribution in [0, 0.1) is 5.82 Å². The number of rotatable bonds is 1. The van der Waals surface area contributed by atoms with Gasteiger partial charge in [0.25, 0.3) is 17.4 Å². The molecule has 2 amide bonds. The number of nitrogens with one attached hydrogen (secondary N) is 1. The van der Waals surface area contributed by atoms with Crippen LogP contribution in [0.4, 0.5) is 10.2 Å². The molecule has 2 heterocycles. The summed E-state index contributed by atoms with van der Waals surface area (Å²) < 4.78 is 15.4. The number of imide groups is 1. The molecular weight excluding hydrogens is 345 g/mol. The number of carbonyl (C=O) groups is 2. The van der Waals surface area contributed by atoms with E-state index < -0.39 is 23.2 Å². The number of carbonyl (C=O) groups excluding carboxylic acids is 2. The SMILES string of the molecule is Nc1c2c(cc(=O)n1-c1ccc(Br)cc1F)C(=O)NC2=O. The molecule has 0 aliphatic carbocycles. The summed E-state index contributed by atoms with van der Waals surface area (Å²) in [5, 5.41) is 2.04. The number of nitrogen functional groups attached to an aromatic ring is 1. The summed E-state index contributed by atoms with van der Waals surface area (Å²) in [6, 6.07) is 5.01. The van der Waals surface area contributed by atoms with Crippen LogP contribution in [-0.2, 0) is 0 Å². The number of halogens is 2. The minimum atomic E-state index is -0.709. The number of anilines is 1. The first-order chi connectivity index (χ1) is 9.90. The quantitative estimate of drug-likeness (QED) is 0.755. The lowest BCUT2D eigenvalue weighted by Crippen LogP contribution is -2.24. The standard InChI is InChI=1S/C13H7BrFN3O3/c14-5-1-2-8(7(15)3-5)18-9(19)4-6-10(11(18)16)13(21)17-12(6)20/h1-4H,16H2,(H,17,20,21). The van der Waals surface area contributed by atoms with Gasteiger partial charge in [0.05, 0.1) is 16.8 Å². The van der Waals surface area contributed by atoms with E-state index in [1.165, 1.54) is 18.2 Å². The predicted molar refractivity (Wildman–Crippen MR) is 75.9 cm³/mol. The van der Waals surface area contributed by atoms with Gasteiger partial charge < -0.3 is 5.73 Å². The van der Waals surface area contributed by atoms with Gasteiger partial charge in [-0.2, -0.15) is 0 Å². The Morgan fingerprint density at radius 3 is 2.52 bits per heavy atom. The maximum absolute atomic E-state index is 14.0. The molecule has 106 valence electrons. The van der Waals surface area contributed by atoms with Crippen LogP contribution in [0.5, 0.6) is 0 Å². The smallest absolute Gasteiger partial charge is 0.262 e. The lowest BCUT2D eigenvalue weighted by atomic mass is 10.1. The molecule has 6 nitrogen and oxygen atoms in total. The second-order valence-electron chi connectivity index (χ2n) is 4.37. The summed E-state index contributed by atoms with van der Waals surface area (Å²) in [5.74, 6) is -2.37. The zero-order valence-electron chi connectivity index (χ0n) is 10.3. The van der Waals surface area contributed by atoms with Crippen LogP contribution in [0.3, 0.4) is 0 Å². The average Bonchev–Trinajstić information content (AvgIpc) is 2.67. The molecule has 0 unspecified atom stereocenters. The summed E-state index contributed by atoms with van der Waals surface area (Å²) in [6.45, 7) is 0. The first-order valence-electron chi connectivity index (χ1n) is 5.77. The van der Waals surface area contributed by atoms with E-state index in [1.807, 2.05) is 5.32 Å². The Kier molecular flexibility index (Phi) is 2.91. The van der Waals surface area contributed by atoms with Crippen molar-refractivity contribution in [2.75, 3.05) is 5.73 Å². The first kappa shape index (κ1) is 13.5. The highest BCUT2D eigenvalue weighted by atomic mass is 79.9. The molecule has 21 heavy (non-hydrogen) atoms. The molecule has 1 aliphatic rings. The van der Waals surface area contributed by atoms with Crippen molar-refractivity contribution in [2.24, 2.45) is 0 Å². The molecule has 3 rings (SSSR count). The molecule has 2 aromatic rings. The van der Waals surface area contributed by atoms with E-state index in [9.17, 15) is 18.8 Å². The van der Waals surface area contributed by atoms with Crippen LogP contribution in [0.2, 0.25) is 0 Å². The van der Waals surface area contributed by atoms with Gasteiger partial charge in [-0.3, -0.25) is 24.3 Å². The van der Waals surface area contributed by atoms with Crippen LogP contribution in [0.15, 0.2) is 33.5 Å². The zero-order valence-corrected chi connectivity index (χ0v) is 11.9. The van der Waals surface area contributed by atoms with Crippen LogP contribution in [0.1, 0.15) is 20.7 Å². The molecule has 1 aliphatic heterocycles. The highest BCUT2D eigenvalue weighted by Crippen LogP contribution is 2.25. The number of benzene rings is 1. The molecule has 1 aromatic heterocycles. The van der Waals surface area contributed by atoms with E-state index in [4.69, 9.17) is 5.73 Å². The lowest BCUT2D eigenvalue weighted by Gasteiger charge is -2.12. The molecule has 3 N–H and O–H groups in total. The third-order valence-corrected chi connectivity index (χ3v) is 3.60. The van der Waals surface area contributed by atoms with Gasteiger partial charge in [-0.15, -0.1) is 0 Å². The number of amides is 2. The van der Waals surface area contributed by atoms with Crippen LogP contribution in [0.25, 0.3) is 5.69 Å². The lowest BCUT2D eigenvalue weighted by molar-refractivity contribution is 0.0880. The zero-order chi connectivity index (χ0) is 15.3. The van der Waals surface area contributed by atoms with Crippen molar-refractivity contribution in [1.29, 1.82) is 0 Å². The third kappa shape index (κ3) is 1.95. The minimum Gasteiger partial charge on any atom is -0.384 e. The molecule has 1 aromatic carbocycles. The molecule has 0 fully saturated rings. The number of hydrogen-bond acceptors (Lipinski definition) is 4. The van der Waals surface area contributed by atoms with E-state index >= 15 is 0 Å². The van der Waals surface area contributed by atoms with Crippen LogP contribution in [-0.4, -0.2) is 16.4 Å². The number of fused-ring (bicyclic) bond motifs is 1. The van der Waals surface area contributed by atoms with E-state index in [-0.39, 0.29) is 22.6 Å². The Labute approximate surface area is 125 Å². The summed E-state index contributed by atoms with van der Waals surface area (Å²) in [5.41, 5.74) is 4.78. The molecule has 0 radical (unpaired) electrons. The number of hydrogen-bond donors (Lipinski definition) is 2. The van der Waals surface area contributed by atoms with Gasteiger partial charge in [-0.05, 0) is 18.2 Å². The summed E-state index contributed by atoms with van der Waals surface area (Å²) in [4.78, 5) is 35.3. The van der Waals surface area contributed by atoms with Crippen molar-refractivity contribution in [3.63, 3.8) is 0 Å². The molecule has 8 heteroatoms. The van der Waals surface area contributed by atoms with E-state index in [1.54, 1.807) is 0 Å². The van der Waals surface area contributed by atoms with Crippen molar-refractivity contribution in [3.8, 4) is 5.69 Å². The maximum Gasteiger partial charge on any atom is 0.262 e. The fraction of sp³-hybridized carbons (Fsp3) is 0. The van der Waals surface area contributed by atoms with Gasteiger partial charge in [0.2, 0.25) is 0 Å². The average molecular weight is 352 g/mol. The molecule has 0 bridgehead atoms. The molecule has 0 saturated carbocycles. The fourth-order valence-electron chi connectivity index (χ4n) is 2.19. The maximum atomic E-state index is 14.0. The highest BCUT2D eigenvalue weighted by molar-refractivity contribution is 9.10. The van der Waals surface area contributed by atoms with Gasteiger partial charge in [0, 0.05) is 10.5 Å². The van der Waals surface area contributed by atoms with Crippen molar-refractivity contribution in [3.05, 3.63) is 56.0 Å². The largest absolute Gasteiger partial charge is 0.384 e. The van der Waals surface area contributed by atoms with Gasteiger partial charge in [-0.25, -0.2) is 4.39 Å². The Morgan fingerprint density at radius 1 is 1.14 bits per heavy atom. The Bertz CT molecular complexity index is 876. The predicted octanol–water partition coefficient (Wildman–Crippen LogP) is 1.20. The topological polar surface area (TPSA) is 94.2 Å². The van der Waals surface area contributed by atoms with Crippen molar-refractivity contribution in [2.45, 2.75) is 0 Å². The molecular formula is C13H7BrFN3O3. The number of nitrogens with zero attached hydrogens (tertiary/aromatic N) is 1. The molecule has 0 atom stereocenters. The number of aromatic nitrogens is 1. The van der Waals surface area contributed by atoms with Gasteiger partial charge >= 0.3 is 0 Å². The first-order valence-corrected chi connectivity index (χ1v) is 6.56. The highest BCUT2D eigenvalue weighted by Gasteiger charge is 2.32.